The van der Waals surface area contributed by atoms with E-state index in [4.69, 9.17) is 0 Å². The fourth-order valence-corrected chi connectivity index (χ4v) is 5.12. The smallest absolute Gasteiger partial charge is 0.325 e. The number of benzene rings is 1. The van der Waals surface area contributed by atoms with Crippen LogP contribution in [0.15, 0.2) is 18.2 Å². The van der Waals surface area contributed by atoms with Crippen molar-refractivity contribution >= 4 is 29.2 Å². The molecule has 2 unspecified atom stereocenters. The molecule has 8 heteroatoms. The van der Waals surface area contributed by atoms with Gasteiger partial charge in [-0.15, -0.1) is 0 Å². The third-order valence-corrected chi connectivity index (χ3v) is 7.13. The summed E-state index contributed by atoms with van der Waals surface area (Å²) in [5.41, 5.74) is 2.10. The van der Waals surface area contributed by atoms with Gasteiger partial charge in [0.15, 0.2) is 0 Å². The van der Waals surface area contributed by atoms with Crippen LogP contribution in [-0.4, -0.2) is 73.0 Å². The number of carbonyl (C=O) groups is 3. The number of likely N-dealkylation sites (N-methyl/N-ethyl adjacent to an activating group) is 1. The molecule has 2 heterocycles. The number of rotatable bonds is 4. The van der Waals surface area contributed by atoms with Crippen molar-refractivity contribution in [2.24, 2.45) is 5.92 Å². The van der Waals surface area contributed by atoms with E-state index in [1.54, 1.807) is 0 Å². The lowest BCUT2D eigenvalue weighted by atomic mass is 9.73. The van der Waals surface area contributed by atoms with E-state index in [-0.39, 0.29) is 24.3 Å². The van der Waals surface area contributed by atoms with Crippen molar-refractivity contribution in [3.63, 3.8) is 0 Å². The normalized spacial score (nSPS) is 27.0. The van der Waals surface area contributed by atoms with Crippen LogP contribution in [0, 0.1) is 12.8 Å². The van der Waals surface area contributed by atoms with Gasteiger partial charge in [0.2, 0.25) is 5.91 Å². The van der Waals surface area contributed by atoms with Crippen LogP contribution in [-0.2, 0) is 9.59 Å². The Balaban J connectivity index is 1.39. The van der Waals surface area contributed by atoms with Gasteiger partial charge in [-0.05, 0) is 56.5 Å². The van der Waals surface area contributed by atoms with Crippen molar-refractivity contribution < 1.29 is 14.4 Å². The van der Waals surface area contributed by atoms with E-state index in [9.17, 15) is 14.4 Å². The molecule has 31 heavy (non-hydrogen) atoms. The molecule has 2 saturated heterocycles. The number of piperazine rings is 1. The fraction of sp³-hybridized carbons (Fsp3) is 0.609. The van der Waals surface area contributed by atoms with E-state index in [1.807, 2.05) is 32.0 Å². The average Bonchev–Trinajstić information content (AvgIpc) is 2.96. The molecule has 1 spiro atoms. The van der Waals surface area contributed by atoms with Crippen LogP contribution in [0.25, 0.3) is 0 Å². The number of hydrogen-bond acceptors (Lipinski definition) is 5. The summed E-state index contributed by atoms with van der Waals surface area (Å²) < 4.78 is 0. The maximum Gasteiger partial charge on any atom is 0.325 e. The molecule has 3 aliphatic rings. The topological polar surface area (TPSA) is 85.0 Å². The highest BCUT2D eigenvalue weighted by atomic mass is 16.2. The van der Waals surface area contributed by atoms with Gasteiger partial charge in [-0.25, -0.2) is 4.79 Å². The number of imide groups is 1. The average molecular weight is 428 g/mol. The van der Waals surface area contributed by atoms with Gasteiger partial charge in [0.1, 0.15) is 12.1 Å². The van der Waals surface area contributed by atoms with Gasteiger partial charge in [0.25, 0.3) is 5.91 Å². The Morgan fingerprint density at radius 2 is 1.94 bits per heavy atom. The minimum Gasteiger partial charge on any atom is -0.369 e. The maximum atomic E-state index is 13.0. The molecule has 8 nitrogen and oxygen atoms in total. The molecule has 0 radical (unpaired) electrons. The van der Waals surface area contributed by atoms with Crippen LogP contribution in [0.4, 0.5) is 16.2 Å². The van der Waals surface area contributed by atoms with Gasteiger partial charge >= 0.3 is 6.03 Å². The molecule has 2 aliphatic heterocycles. The second-order valence-corrected chi connectivity index (χ2v) is 9.28. The van der Waals surface area contributed by atoms with Crippen molar-refractivity contribution in [2.75, 3.05) is 50.0 Å². The molecule has 2 N–H and O–H groups in total. The number of hydrogen-bond donors (Lipinski definition) is 2. The van der Waals surface area contributed by atoms with Gasteiger partial charge < -0.3 is 20.4 Å². The van der Waals surface area contributed by atoms with Crippen molar-refractivity contribution in [1.82, 2.24) is 15.1 Å². The van der Waals surface area contributed by atoms with Crippen LogP contribution in [0.2, 0.25) is 0 Å². The summed E-state index contributed by atoms with van der Waals surface area (Å²) in [6.45, 7) is 7.80. The van der Waals surface area contributed by atoms with E-state index in [2.05, 4.69) is 27.5 Å². The third kappa shape index (κ3) is 4.13. The van der Waals surface area contributed by atoms with Crippen LogP contribution in [0.1, 0.15) is 38.2 Å². The predicted octanol–water partition coefficient (Wildman–Crippen LogP) is 2.19. The first kappa shape index (κ1) is 21.6. The number of aryl methyl sites for hydroxylation is 1. The zero-order chi connectivity index (χ0) is 22.2. The molecule has 4 rings (SSSR count). The lowest BCUT2D eigenvalue weighted by Crippen LogP contribution is -2.54. The molecule has 4 amide bonds. The molecule has 1 saturated carbocycles. The molecule has 1 aliphatic carbocycles. The first-order valence-electron chi connectivity index (χ1n) is 11.3. The second kappa shape index (κ2) is 8.49. The minimum atomic E-state index is -0.837. The summed E-state index contributed by atoms with van der Waals surface area (Å²) in [6.07, 6.45) is 3.53. The van der Waals surface area contributed by atoms with Gasteiger partial charge in [0.05, 0.1) is 0 Å². The molecule has 2 atom stereocenters. The van der Waals surface area contributed by atoms with Gasteiger partial charge in [0, 0.05) is 37.6 Å². The Morgan fingerprint density at radius 3 is 2.61 bits per heavy atom. The van der Waals surface area contributed by atoms with E-state index >= 15 is 0 Å². The van der Waals surface area contributed by atoms with Crippen molar-refractivity contribution in [3.8, 4) is 0 Å². The Labute approximate surface area is 183 Å². The lowest BCUT2D eigenvalue weighted by molar-refractivity contribution is -0.136. The summed E-state index contributed by atoms with van der Waals surface area (Å²) in [5, 5.41) is 5.74. The monoisotopic (exact) mass is 427 g/mol. The summed E-state index contributed by atoms with van der Waals surface area (Å²) in [6, 6.07) is 5.40. The predicted molar refractivity (Wildman–Crippen MR) is 120 cm³/mol. The highest BCUT2D eigenvalue weighted by Crippen LogP contribution is 2.38. The Hall–Kier alpha value is -2.61. The standard InChI is InChI=1S/C23H33N5O3/c1-16-14-18(7-8-19(16)27-12-10-26(3)11-13-27)24-20(29)15-28-21(30)23(25-22(28)31)9-5-4-6-17(23)2/h7-8,14,17H,4-6,9-13,15H2,1-3H3,(H,24,29)(H,25,31). The molecular formula is C23H33N5O3. The molecular weight excluding hydrogens is 394 g/mol. The van der Waals surface area contributed by atoms with Crippen LogP contribution < -0.4 is 15.5 Å². The molecule has 0 bridgehead atoms. The van der Waals surface area contributed by atoms with E-state index in [0.717, 1.165) is 55.9 Å². The number of carbonyl (C=O) groups excluding carboxylic acids is 3. The lowest BCUT2D eigenvalue weighted by Gasteiger charge is -2.36. The fourth-order valence-electron chi connectivity index (χ4n) is 5.12. The SMILES string of the molecule is Cc1cc(NC(=O)CN2C(=O)NC3(CCCCC3C)C2=O)ccc1N1CCN(C)CC1. The maximum absolute atomic E-state index is 13.0. The van der Waals surface area contributed by atoms with Gasteiger partial charge in [-0.3, -0.25) is 14.5 Å². The number of nitrogens with one attached hydrogen (secondary N) is 2. The molecule has 1 aromatic carbocycles. The number of anilines is 2. The number of urea groups is 1. The van der Waals surface area contributed by atoms with E-state index in [1.165, 1.54) is 5.69 Å². The first-order valence-corrected chi connectivity index (χ1v) is 11.3. The molecule has 168 valence electrons. The summed E-state index contributed by atoms with van der Waals surface area (Å²) in [5.74, 6) is -0.548. The summed E-state index contributed by atoms with van der Waals surface area (Å²) >= 11 is 0. The largest absolute Gasteiger partial charge is 0.369 e. The summed E-state index contributed by atoms with van der Waals surface area (Å²) in [4.78, 5) is 43.9. The Bertz CT molecular complexity index is 880. The van der Waals surface area contributed by atoms with Crippen LogP contribution >= 0.6 is 0 Å². The highest BCUT2D eigenvalue weighted by molar-refractivity contribution is 6.10. The zero-order valence-electron chi connectivity index (χ0n) is 18.7. The van der Waals surface area contributed by atoms with Crippen molar-refractivity contribution in [3.05, 3.63) is 23.8 Å². The van der Waals surface area contributed by atoms with Crippen LogP contribution in [0.3, 0.4) is 0 Å². The minimum absolute atomic E-state index is 0.0792. The number of nitrogens with zero attached hydrogens (tertiary/aromatic N) is 3. The first-order chi connectivity index (χ1) is 14.8. The van der Waals surface area contributed by atoms with E-state index in [0.29, 0.717) is 12.1 Å². The van der Waals surface area contributed by atoms with E-state index < -0.39 is 11.6 Å². The van der Waals surface area contributed by atoms with Gasteiger partial charge in [-0.2, -0.15) is 0 Å². The van der Waals surface area contributed by atoms with Gasteiger partial charge in [-0.1, -0.05) is 19.8 Å². The van der Waals surface area contributed by atoms with Crippen molar-refractivity contribution in [1.29, 1.82) is 0 Å². The third-order valence-electron chi connectivity index (χ3n) is 7.13. The molecule has 1 aromatic rings. The quantitative estimate of drug-likeness (QED) is 0.720. The Kier molecular flexibility index (Phi) is 5.92. The highest BCUT2D eigenvalue weighted by Gasteiger charge is 2.55. The second-order valence-electron chi connectivity index (χ2n) is 9.28. The van der Waals surface area contributed by atoms with Crippen LogP contribution in [0.5, 0.6) is 0 Å². The Morgan fingerprint density at radius 1 is 1.19 bits per heavy atom. The number of amides is 4. The van der Waals surface area contributed by atoms with Crippen molar-refractivity contribution in [2.45, 2.75) is 45.1 Å². The molecule has 3 fully saturated rings. The zero-order valence-corrected chi connectivity index (χ0v) is 18.7. The molecule has 0 aromatic heterocycles. The summed E-state index contributed by atoms with van der Waals surface area (Å²) in [7, 11) is 2.13.